The lowest BCUT2D eigenvalue weighted by atomic mass is 9.99. The van der Waals surface area contributed by atoms with E-state index in [1.165, 1.54) is 6.07 Å². The number of carbonyl (C=O) groups is 1. The summed E-state index contributed by atoms with van der Waals surface area (Å²) in [6.07, 6.45) is -0.407. The maximum Gasteiger partial charge on any atom is 0.291 e. The molecule has 1 atom stereocenters. The van der Waals surface area contributed by atoms with E-state index in [1.54, 1.807) is 17.8 Å². The predicted octanol–water partition coefficient (Wildman–Crippen LogP) is 3.94. The smallest absolute Gasteiger partial charge is 0.291 e. The number of hydrogen-bond donors (Lipinski definition) is 1. The van der Waals surface area contributed by atoms with Crippen LogP contribution in [0.3, 0.4) is 0 Å². The maximum absolute atomic E-state index is 13.5. The summed E-state index contributed by atoms with van der Waals surface area (Å²) in [5, 5.41) is 12.4. The molecule has 1 saturated heterocycles. The van der Waals surface area contributed by atoms with Crippen LogP contribution in [-0.4, -0.2) is 70.4 Å². The molecule has 3 heterocycles. The fraction of sp³-hybridized carbons (Fsp3) is 0.600. The van der Waals surface area contributed by atoms with E-state index in [0.29, 0.717) is 41.9 Å². The number of fused-ring (bicyclic) bond motifs is 1. The number of nitrogens with zero attached hydrogens (tertiary/aromatic N) is 6. The number of aryl methyl sites for hydroxylation is 1. The zero-order valence-corrected chi connectivity index (χ0v) is 24.2. The summed E-state index contributed by atoms with van der Waals surface area (Å²) in [5.41, 5.74) is 1.10. The van der Waals surface area contributed by atoms with Crippen LogP contribution in [0.1, 0.15) is 58.4 Å². The Hall–Kier alpha value is -2.71. The zero-order valence-electron chi connectivity index (χ0n) is 22.6. The van der Waals surface area contributed by atoms with Crippen LogP contribution >= 0.6 is 11.3 Å². The molecule has 1 amide bonds. The van der Waals surface area contributed by atoms with Crippen LogP contribution in [0.2, 0.25) is 0 Å². The Kier molecular flexibility index (Phi) is 7.17. The largest absolute Gasteiger partial charge is 0.368 e. The molecule has 0 bridgehead atoms. The third kappa shape index (κ3) is 5.25. The van der Waals surface area contributed by atoms with Gasteiger partial charge in [-0.15, -0.1) is 10.2 Å². The normalized spacial score (nSPS) is 18.7. The highest BCUT2D eigenvalue weighted by Gasteiger charge is 2.42. The topological polar surface area (TPSA) is 113 Å². The van der Waals surface area contributed by atoms with Gasteiger partial charge in [-0.05, 0) is 45.2 Å². The van der Waals surface area contributed by atoms with E-state index in [9.17, 15) is 22.0 Å². The number of benzene rings is 1. The molecular formula is C25H33F2N7O3S2. The third-order valence-corrected chi connectivity index (χ3v) is 10.0. The van der Waals surface area contributed by atoms with Crippen molar-refractivity contribution in [3.8, 4) is 10.7 Å². The molecule has 0 radical (unpaired) electrons. The molecule has 14 heteroatoms. The van der Waals surface area contributed by atoms with Crippen molar-refractivity contribution in [3.05, 3.63) is 17.1 Å². The van der Waals surface area contributed by atoms with Gasteiger partial charge in [-0.1, -0.05) is 25.2 Å². The molecule has 212 valence electrons. The van der Waals surface area contributed by atoms with E-state index >= 15 is 0 Å². The number of carbonyl (C=O) groups excluding carboxylic acids is 1. The second-order valence-electron chi connectivity index (χ2n) is 10.9. The Labute approximate surface area is 230 Å². The number of likely N-dealkylation sites (N-methyl/N-ethyl adjacent to an activating group) is 1. The zero-order chi connectivity index (χ0) is 28.3. The number of aromatic nitrogens is 4. The van der Waals surface area contributed by atoms with Crippen molar-refractivity contribution in [2.45, 2.75) is 69.9 Å². The minimum absolute atomic E-state index is 0.00289. The van der Waals surface area contributed by atoms with Crippen molar-refractivity contribution in [1.82, 2.24) is 29.6 Å². The highest BCUT2D eigenvalue weighted by molar-refractivity contribution is 7.89. The van der Waals surface area contributed by atoms with E-state index in [0.717, 1.165) is 30.6 Å². The van der Waals surface area contributed by atoms with Crippen LogP contribution < -0.4 is 9.62 Å². The molecular weight excluding hydrogens is 548 g/mol. The summed E-state index contributed by atoms with van der Waals surface area (Å²) in [5.74, 6) is -0.0119. The number of nitrogens with one attached hydrogen (secondary N) is 1. The number of halogens is 2. The minimum Gasteiger partial charge on any atom is -0.368 e. The number of likely N-dealkylation sites (tertiary alicyclic amines) is 1. The molecule has 2 aromatic heterocycles. The summed E-state index contributed by atoms with van der Waals surface area (Å²) in [6, 6.07) is 3.18. The molecule has 3 aromatic rings. The van der Waals surface area contributed by atoms with Crippen molar-refractivity contribution in [2.75, 3.05) is 24.5 Å². The molecule has 1 unspecified atom stereocenters. The molecule has 0 spiro atoms. The molecule has 1 aromatic carbocycles. The number of anilines is 1. The molecule has 1 aliphatic carbocycles. The third-order valence-electron chi connectivity index (χ3n) is 7.49. The summed E-state index contributed by atoms with van der Waals surface area (Å²) >= 11 is 0.734. The van der Waals surface area contributed by atoms with Crippen LogP contribution in [0.25, 0.3) is 21.6 Å². The first-order chi connectivity index (χ1) is 18.3. The van der Waals surface area contributed by atoms with Crippen LogP contribution in [0, 0.1) is 5.92 Å². The minimum atomic E-state index is -3.90. The van der Waals surface area contributed by atoms with E-state index < -0.39 is 27.0 Å². The lowest BCUT2D eigenvalue weighted by molar-refractivity contribution is -0.141. The fourth-order valence-electron chi connectivity index (χ4n) is 4.92. The summed E-state index contributed by atoms with van der Waals surface area (Å²) in [7, 11) is -2.17. The van der Waals surface area contributed by atoms with E-state index in [2.05, 4.69) is 24.9 Å². The Balaban J connectivity index is 1.63. The second-order valence-corrected chi connectivity index (χ2v) is 13.6. The van der Waals surface area contributed by atoms with Gasteiger partial charge < -0.3 is 9.80 Å². The molecule has 5 rings (SSSR count). The van der Waals surface area contributed by atoms with Gasteiger partial charge in [0.25, 0.3) is 6.43 Å². The number of alkyl halides is 2. The van der Waals surface area contributed by atoms with Gasteiger partial charge in [-0.2, -0.15) is 5.10 Å². The maximum atomic E-state index is 13.5. The van der Waals surface area contributed by atoms with E-state index in [-0.39, 0.29) is 27.8 Å². The van der Waals surface area contributed by atoms with Gasteiger partial charge >= 0.3 is 0 Å². The van der Waals surface area contributed by atoms with Crippen molar-refractivity contribution in [2.24, 2.45) is 13.0 Å². The molecule has 1 aliphatic heterocycles. The number of sulfonamides is 1. The van der Waals surface area contributed by atoms with Gasteiger partial charge in [0, 0.05) is 43.5 Å². The number of rotatable bonds is 10. The van der Waals surface area contributed by atoms with Crippen LogP contribution in [0.4, 0.5) is 14.5 Å². The second kappa shape index (κ2) is 10.0. The average Bonchev–Trinajstić information content (AvgIpc) is 3.24. The van der Waals surface area contributed by atoms with Crippen molar-refractivity contribution >= 4 is 43.9 Å². The lowest BCUT2D eigenvalue weighted by Crippen LogP contribution is -2.57. The first-order valence-corrected chi connectivity index (χ1v) is 15.4. The van der Waals surface area contributed by atoms with Gasteiger partial charge in [0.05, 0.1) is 22.1 Å². The highest BCUT2D eigenvalue weighted by Crippen LogP contribution is 2.40. The summed E-state index contributed by atoms with van der Waals surface area (Å²) < 4.78 is 58.0. The van der Waals surface area contributed by atoms with Gasteiger partial charge in [-0.3, -0.25) is 9.48 Å². The molecule has 1 N–H and O–H groups in total. The Bertz CT molecular complexity index is 1520. The quantitative estimate of drug-likeness (QED) is 0.386. The van der Waals surface area contributed by atoms with Gasteiger partial charge in [0.2, 0.25) is 15.9 Å². The van der Waals surface area contributed by atoms with Crippen LogP contribution in [0.15, 0.2) is 17.0 Å². The molecule has 10 nitrogen and oxygen atoms in total. The SMILES string of the molecule is CCN(CC1CCN1C(=O)C(C)C)c1cc(S(=O)(=O)NC2(C)CC2)cc2c(-c3nnc(C(F)F)s3)nn(C)c12. The summed E-state index contributed by atoms with van der Waals surface area (Å²) in [6.45, 7) is 9.37. The highest BCUT2D eigenvalue weighted by atomic mass is 32.2. The van der Waals surface area contributed by atoms with Crippen molar-refractivity contribution < 1.29 is 22.0 Å². The van der Waals surface area contributed by atoms with Crippen molar-refractivity contribution in [1.29, 1.82) is 0 Å². The van der Waals surface area contributed by atoms with E-state index in [1.807, 2.05) is 32.6 Å². The van der Waals surface area contributed by atoms with Crippen molar-refractivity contribution in [3.63, 3.8) is 0 Å². The average molecular weight is 582 g/mol. The molecule has 39 heavy (non-hydrogen) atoms. The molecule has 2 fully saturated rings. The summed E-state index contributed by atoms with van der Waals surface area (Å²) in [4.78, 5) is 16.7. The standard InChI is InChI=1S/C25H33F2N7O3S2/c1-6-33(13-15-7-10-34(15)24(35)14(2)3)18-12-16(39(36,37)31-25(4)8-9-25)11-17-19(30-32(5)20(17)18)22-28-29-23(38-22)21(26)27/h11-12,14-15,21,31H,6-10,13H2,1-5H3. The van der Waals surface area contributed by atoms with Gasteiger partial charge in [0.15, 0.2) is 10.0 Å². The first kappa shape index (κ1) is 27.8. The Morgan fingerprint density at radius 3 is 2.54 bits per heavy atom. The van der Waals surface area contributed by atoms with Crippen LogP contribution in [0.5, 0.6) is 0 Å². The molecule has 1 saturated carbocycles. The Morgan fingerprint density at radius 2 is 2.00 bits per heavy atom. The first-order valence-electron chi connectivity index (χ1n) is 13.1. The fourth-order valence-corrected chi connectivity index (χ4v) is 7.13. The number of hydrogen-bond acceptors (Lipinski definition) is 8. The molecule has 2 aliphatic rings. The van der Waals surface area contributed by atoms with Gasteiger partial charge in [-0.25, -0.2) is 21.9 Å². The van der Waals surface area contributed by atoms with Gasteiger partial charge in [0.1, 0.15) is 5.69 Å². The lowest BCUT2D eigenvalue weighted by Gasteiger charge is -2.44. The Morgan fingerprint density at radius 1 is 1.28 bits per heavy atom. The van der Waals surface area contributed by atoms with E-state index in [4.69, 9.17) is 0 Å². The predicted molar refractivity (Wildman–Crippen MR) is 145 cm³/mol. The monoisotopic (exact) mass is 581 g/mol. The van der Waals surface area contributed by atoms with Crippen LogP contribution in [-0.2, 0) is 21.9 Å². The number of amides is 1.